The molecular weight excluding hydrogens is 426 g/mol. The Morgan fingerprint density at radius 2 is 1.94 bits per heavy atom. The Bertz CT molecular complexity index is 898. The molecule has 0 bridgehead atoms. The number of primary amides is 1. The topological polar surface area (TPSA) is 90.8 Å². The van der Waals surface area contributed by atoms with Crippen molar-refractivity contribution in [3.05, 3.63) is 52.5 Å². The van der Waals surface area contributed by atoms with Crippen molar-refractivity contribution in [1.29, 1.82) is 0 Å². The van der Waals surface area contributed by atoms with Gasteiger partial charge in [0.2, 0.25) is 5.91 Å². The molecule has 2 aromatic rings. The number of likely N-dealkylation sites (tertiary alicyclic amines) is 1. The average molecular weight is 460 g/mol. The van der Waals surface area contributed by atoms with E-state index < -0.39 is 0 Å². The van der Waals surface area contributed by atoms with Crippen LogP contribution in [0.25, 0.3) is 0 Å². The zero-order valence-electron chi connectivity index (χ0n) is 18.8. The van der Waals surface area contributed by atoms with Gasteiger partial charge in [-0.2, -0.15) is 0 Å². The van der Waals surface area contributed by atoms with E-state index >= 15 is 0 Å². The summed E-state index contributed by atoms with van der Waals surface area (Å²) in [4.78, 5) is 13.7. The molecule has 4 N–H and O–H groups in total. The zero-order chi connectivity index (χ0) is 22.9. The number of amides is 1. The predicted molar refractivity (Wildman–Crippen MR) is 129 cm³/mol. The van der Waals surface area contributed by atoms with E-state index in [0.29, 0.717) is 17.3 Å². The number of aryl methyl sites for hydroxylation is 1. The number of rotatable bonds is 11. The first-order valence-corrected chi connectivity index (χ1v) is 11.7. The fraction of sp³-hybridized carbons (Fsp3) is 0.480. The number of anilines is 1. The van der Waals surface area contributed by atoms with E-state index in [1.807, 2.05) is 36.4 Å². The van der Waals surface area contributed by atoms with Crippen LogP contribution in [0.3, 0.4) is 0 Å². The second-order valence-corrected chi connectivity index (χ2v) is 8.86. The van der Waals surface area contributed by atoms with Gasteiger partial charge in [-0.05, 0) is 81.1 Å². The maximum atomic E-state index is 11.3. The van der Waals surface area contributed by atoms with E-state index in [1.165, 1.54) is 0 Å². The van der Waals surface area contributed by atoms with Gasteiger partial charge in [-0.3, -0.25) is 4.79 Å². The highest BCUT2D eigenvalue weighted by molar-refractivity contribution is 6.33. The SMILES string of the molecule is COc1cccc(COc2cc(N)c(Cl)cc2CCCCCN2CCC(C(N)=O)CC2)c1. The van der Waals surface area contributed by atoms with Gasteiger partial charge in [-0.1, -0.05) is 30.2 Å². The quantitative estimate of drug-likeness (QED) is 0.383. The van der Waals surface area contributed by atoms with E-state index in [1.54, 1.807) is 7.11 Å². The smallest absolute Gasteiger partial charge is 0.220 e. The first-order valence-electron chi connectivity index (χ1n) is 11.3. The van der Waals surface area contributed by atoms with Crippen molar-refractivity contribution in [3.8, 4) is 11.5 Å². The van der Waals surface area contributed by atoms with Gasteiger partial charge < -0.3 is 25.8 Å². The molecule has 0 radical (unpaired) electrons. The minimum Gasteiger partial charge on any atom is -0.497 e. The van der Waals surface area contributed by atoms with Crippen molar-refractivity contribution in [3.63, 3.8) is 0 Å². The number of unbranched alkanes of at least 4 members (excludes halogenated alkanes) is 2. The molecule has 0 saturated carbocycles. The van der Waals surface area contributed by atoms with E-state index in [-0.39, 0.29) is 11.8 Å². The van der Waals surface area contributed by atoms with Crippen molar-refractivity contribution in [1.82, 2.24) is 4.90 Å². The molecule has 1 saturated heterocycles. The van der Waals surface area contributed by atoms with Crippen molar-refractivity contribution in [2.24, 2.45) is 11.7 Å². The highest BCUT2D eigenvalue weighted by Gasteiger charge is 2.22. The Balaban J connectivity index is 1.47. The average Bonchev–Trinajstić information content (AvgIpc) is 2.80. The highest BCUT2D eigenvalue weighted by atomic mass is 35.5. The summed E-state index contributed by atoms with van der Waals surface area (Å²) >= 11 is 6.28. The van der Waals surface area contributed by atoms with Crippen LogP contribution in [0.15, 0.2) is 36.4 Å². The number of nitrogens with two attached hydrogens (primary N) is 2. The Labute approximate surface area is 195 Å². The molecule has 0 atom stereocenters. The van der Waals surface area contributed by atoms with Gasteiger partial charge in [0.25, 0.3) is 0 Å². The van der Waals surface area contributed by atoms with Gasteiger partial charge in [0.15, 0.2) is 0 Å². The molecule has 1 fully saturated rings. The number of piperidine rings is 1. The van der Waals surface area contributed by atoms with E-state index in [4.69, 9.17) is 32.5 Å². The van der Waals surface area contributed by atoms with Crippen LogP contribution in [0.2, 0.25) is 5.02 Å². The lowest BCUT2D eigenvalue weighted by Crippen LogP contribution is -2.38. The lowest BCUT2D eigenvalue weighted by molar-refractivity contribution is -0.123. The Hall–Kier alpha value is -2.44. The second kappa shape index (κ2) is 12.0. The summed E-state index contributed by atoms with van der Waals surface area (Å²) in [5, 5.41) is 0.561. The van der Waals surface area contributed by atoms with E-state index in [9.17, 15) is 4.79 Å². The van der Waals surface area contributed by atoms with Gasteiger partial charge in [-0.15, -0.1) is 0 Å². The first-order chi connectivity index (χ1) is 15.5. The van der Waals surface area contributed by atoms with Crippen LogP contribution in [0.4, 0.5) is 5.69 Å². The summed E-state index contributed by atoms with van der Waals surface area (Å²) in [6.07, 6.45) is 5.95. The molecule has 1 aliphatic heterocycles. The number of nitrogens with zero attached hydrogens (tertiary/aromatic N) is 1. The van der Waals surface area contributed by atoms with Crippen LogP contribution < -0.4 is 20.9 Å². The Kier molecular flexibility index (Phi) is 9.06. The zero-order valence-corrected chi connectivity index (χ0v) is 19.6. The Morgan fingerprint density at radius 3 is 2.66 bits per heavy atom. The number of carbonyl (C=O) groups excluding carboxylic acids is 1. The molecule has 174 valence electrons. The molecule has 2 aromatic carbocycles. The summed E-state index contributed by atoms with van der Waals surface area (Å²) in [5.74, 6) is 1.48. The number of methoxy groups -OCH3 is 1. The summed E-state index contributed by atoms with van der Waals surface area (Å²) in [5.41, 5.74) is 14.1. The van der Waals surface area contributed by atoms with Gasteiger partial charge in [0.05, 0.1) is 17.8 Å². The molecular formula is C25H34ClN3O3. The van der Waals surface area contributed by atoms with Crippen molar-refractivity contribution in [2.75, 3.05) is 32.5 Å². The molecule has 0 aromatic heterocycles. The summed E-state index contributed by atoms with van der Waals surface area (Å²) in [6.45, 7) is 3.42. The van der Waals surface area contributed by atoms with Crippen LogP contribution in [0.1, 0.15) is 43.2 Å². The van der Waals surface area contributed by atoms with Crippen LogP contribution in [-0.2, 0) is 17.8 Å². The number of hydrogen-bond donors (Lipinski definition) is 2. The number of nitrogen functional groups attached to an aromatic ring is 1. The minimum atomic E-state index is -0.156. The summed E-state index contributed by atoms with van der Waals surface area (Å²) < 4.78 is 11.4. The van der Waals surface area contributed by atoms with Crippen LogP contribution >= 0.6 is 11.6 Å². The third-order valence-electron chi connectivity index (χ3n) is 6.12. The maximum Gasteiger partial charge on any atom is 0.220 e. The molecule has 0 aliphatic carbocycles. The Morgan fingerprint density at radius 1 is 1.16 bits per heavy atom. The van der Waals surface area contributed by atoms with Gasteiger partial charge >= 0.3 is 0 Å². The molecule has 1 amide bonds. The minimum absolute atomic E-state index is 0.0527. The van der Waals surface area contributed by atoms with Crippen LogP contribution in [0.5, 0.6) is 11.5 Å². The third kappa shape index (κ3) is 7.04. The fourth-order valence-electron chi connectivity index (χ4n) is 4.13. The van der Waals surface area contributed by atoms with Gasteiger partial charge in [0.1, 0.15) is 18.1 Å². The molecule has 6 nitrogen and oxygen atoms in total. The number of benzene rings is 2. The predicted octanol–water partition coefficient (Wildman–Crippen LogP) is 4.42. The molecule has 32 heavy (non-hydrogen) atoms. The van der Waals surface area contributed by atoms with Gasteiger partial charge in [-0.25, -0.2) is 0 Å². The summed E-state index contributed by atoms with van der Waals surface area (Å²) in [7, 11) is 1.65. The standard InChI is InChI=1S/C25H34ClN3O3/c1-31-21-8-5-6-18(14-21)17-32-24-16-23(27)22(26)15-20(24)7-3-2-4-11-29-12-9-19(10-13-29)25(28)30/h5-6,8,14-16,19H,2-4,7,9-13,17,27H2,1H3,(H2,28,30). The largest absolute Gasteiger partial charge is 0.497 e. The van der Waals surface area contributed by atoms with Gasteiger partial charge in [0, 0.05) is 12.0 Å². The molecule has 0 spiro atoms. The van der Waals surface area contributed by atoms with Crippen LogP contribution in [-0.4, -0.2) is 37.6 Å². The van der Waals surface area contributed by atoms with E-state index in [0.717, 1.165) is 80.8 Å². The molecule has 7 heteroatoms. The molecule has 3 rings (SSSR count). The van der Waals surface area contributed by atoms with Crippen LogP contribution in [0, 0.1) is 5.92 Å². The maximum absolute atomic E-state index is 11.3. The number of carbonyl (C=O) groups is 1. The molecule has 0 unspecified atom stereocenters. The van der Waals surface area contributed by atoms with Crippen molar-refractivity contribution < 1.29 is 14.3 Å². The second-order valence-electron chi connectivity index (χ2n) is 8.45. The molecule has 1 heterocycles. The summed E-state index contributed by atoms with van der Waals surface area (Å²) in [6, 6.07) is 11.6. The van der Waals surface area contributed by atoms with Crippen molar-refractivity contribution in [2.45, 2.75) is 45.1 Å². The normalized spacial score (nSPS) is 14.9. The molecule has 1 aliphatic rings. The first kappa shape index (κ1) is 24.2. The fourth-order valence-corrected chi connectivity index (χ4v) is 4.32. The number of ether oxygens (including phenoxy) is 2. The van der Waals surface area contributed by atoms with Crippen molar-refractivity contribution >= 4 is 23.2 Å². The number of hydrogen-bond acceptors (Lipinski definition) is 5. The highest BCUT2D eigenvalue weighted by Crippen LogP contribution is 2.31. The monoisotopic (exact) mass is 459 g/mol. The van der Waals surface area contributed by atoms with E-state index in [2.05, 4.69) is 4.90 Å². The number of halogens is 1. The lowest BCUT2D eigenvalue weighted by Gasteiger charge is -2.30. The third-order valence-corrected chi connectivity index (χ3v) is 6.45. The lowest BCUT2D eigenvalue weighted by atomic mass is 9.96.